The van der Waals surface area contributed by atoms with Gasteiger partial charge in [-0.05, 0) is 36.5 Å². The van der Waals surface area contributed by atoms with Gasteiger partial charge in [0.1, 0.15) is 17.0 Å². The molecule has 2 heterocycles. The van der Waals surface area contributed by atoms with Crippen molar-refractivity contribution in [3.8, 4) is 22.8 Å². The van der Waals surface area contributed by atoms with Gasteiger partial charge in [-0.2, -0.15) is 5.10 Å². The van der Waals surface area contributed by atoms with E-state index in [4.69, 9.17) is 14.5 Å². The van der Waals surface area contributed by atoms with Crippen LogP contribution >= 0.6 is 0 Å². The molecular weight excluding hydrogens is 290 g/mol. The maximum absolute atomic E-state index is 5.56. The zero-order valence-electron chi connectivity index (χ0n) is 13.5. The maximum atomic E-state index is 5.56. The Kier molecular flexibility index (Phi) is 3.22. The zero-order valence-corrected chi connectivity index (χ0v) is 13.5. The van der Waals surface area contributed by atoms with Gasteiger partial charge in [0, 0.05) is 30.3 Å². The molecule has 5 heteroatoms. The fraction of sp³-hybridized carbons (Fsp3) is 0.333. The molecule has 1 aliphatic carbocycles. The number of methoxy groups -OCH3 is 2. The lowest BCUT2D eigenvalue weighted by Gasteiger charge is -2.13. The second-order valence-corrected chi connectivity index (χ2v) is 6.00. The van der Waals surface area contributed by atoms with E-state index in [1.807, 2.05) is 25.5 Å². The standard InChI is InChI=1S/C18H19N3O2/c1-21-10-12(9-19-21)16-8-14(11-4-5-11)15-6-13(22-2)7-17(23-3)18(15)20-16/h6-11H,4-5H2,1-3H3. The molecule has 0 saturated heterocycles. The van der Waals surface area contributed by atoms with Crippen LogP contribution < -0.4 is 9.47 Å². The molecule has 5 nitrogen and oxygen atoms in total. The molecule has 1 saturated carbocycles. The van der Waals surface area contributed by atoms with Gasteiger partial charge < -0.3 is 9.47 Å². The summed E-state index contributed by atoms with van der Waals surface area (Å²) in [5.74, 6) is 2.15. The first-order valence-electron chi connectivity index (χ1n) is 7.75. The predicted octanol–water partition coefficient (Wildman–Crippen LogP) is 3.53. The minimum atomic E-state index is 0.604. The average molecular weight is 309 g/mol. The van der Waals surface area contributed by atoms with E-state index in [-0.39, 0.29) is 0 Å². The summed E-state index contributed by atoms with van der Waals surface area (Å²) in [4.78, 5) is 4.84. The minimum absolute atomic E-state index is 0.604. The van der Waals surface area contributed by atoms with E-state index in [0.29, 0.717) is 5.92 Å². The van der Waals surface area contributed by atoms with Gasteiger partial charge in [0.15, 0.2) is 0 Å². The van der Waals surface area contributed by atoms with Gasteiger partial charge in [0.2, 0.25) is 0 Å². The zero-order chi connectivity index (χ0) is 16.0. The van der Waals surface area contributed by atoms with E-state index in [1.165, 1.54) is 18.4 Å². The number of hydrogen-bond acceptors (Lipinski definition) is 4. The Morgan fingerprint density at radius 1 is 1.13 bits per heavy atom. The Morgan fingerprint density at radius 2 is 1.96 bits per heavy atom. The molecule has 118 valence electrons. The van der Waals surface area contributed by atoms with Gasteiger partial charge in [-0.15, -0.1) is 0 Å². The Hall–Kier alpha value is -2.56. The van der Waals surface area contributed by atoms with Crippen LogP contribution in [-0.2, 0) is 7.05 Å². The van der Waals surface area contributed by atoms with Crippen molar-refractivity contribution in [2.75, 3.05) is 14.2 Å². The Balaban J connectivity index is 2.00. The molecule has 0 aliphatic heterocycles. The first-order chi connectivity index (χ1) is 11.2. The normalized spacial score (nSPS) is 14.2. The van der Waals surface area contributed by atoms with Gasteiger partial charge in [-0.1, -0.05) is 0 Å². The molecule has 1 aromatic carbocycles. The molecule has 0 amide bonds. The van der Waals surface area contributed by atoms with Crippen LogP contribution in [0.5, 0.6) is 11.5 Å². The minimum Gasteiger partial charge on any atom is -0.497 e. The summed E-state index contributed by atoms with van der Waals surface area (Å²) in [6.07, 6.45) is 6.29. The smallest absolute Gasteiger partial charge is 0.148 e. The highest BCUT2D eigenvalue weighted by atomic mass is 16.5. The Morgan fingerprint density at radius 3 is 2.57 bits per heavy atom. The molecule has 1 aliphatic rings. The van der Waals surface area contributed by atoms with Crippen molar-refractivity contribution in [1.82, 2.24) is 14.8 Å². The van der Waals surface area contributed by atoms with Crippen molar-refractivity contribution in [1.29, 1.82) is 0 Å². The molecule has 0 atom stereocenters. The Labute approximate surface area is 134 Å². The number of ether oxygens (including phenoxy) is 2. The van der Waals surface area contributed by atoms with Crippen LogP contribution in [0.3, 0.4) is 0 Å². The fourth-order valence-electron chi connectivity index (χ4n) is 3.00. The number of rotatable bonds is 4. The molecular formula is C18H19N3O2. The molecule has 1 fully saturated rings. The van der Waals surface area contributed by atoms with Crippen LogP contribution in [0.15, 0.2) is 30.6 Å². The van der Waals surface area contributed by atoms with E-state index in [1.54, 1.807) is 18.9 Å². The molecule has 0 N–H and O–H groups in total. The van der Waals surface area contributed by atoms with Crippen molar-refractivity contribution < 1.29 is 9.47 Å². The van der Waals surface area contributed by atoms with Gasteiger partial charge in [0.25, 0.3) is 0 Å². The van der Waals surface area contributed by atoms with Gasteiger partial charge in [-0.3, -0.25) is 4.68 Å². The highest BCUT2D eigenvalue weighted by molar-refractivity contribution is 5.91. The lowest BCUT2D eigenvalue weighted by Crippen LogP contribution is -1.96. The van der Waals surface area contributed by atoms with Gasteiger partial charge in [0.05, 0.1) is 26.1 Å². The van der Waals surface area contributed by atoms with E-state index in [0.717, 1.165) is 33.7 Å². The topological polar surface area (TPSA) is 49.2 Å². The highest BCUT2D eigenvalue weighted by Gasteiger charge is 2.27. The molecule has 2 aromatic heterocycles. The number of nitrogens with zero attached hydrogens (tertiary/aromatic N) is 3. The number of benzene rings is 1. The first kappa shape index (κ1) is 14.1. The summed E-state index contributed by atoms with van der Waals surface area (Å²) in [6, 6.07) is 6.14. The third-order valence-electron chi connectivity index (χ3n) is 4.36. The summed E-state index contributed by atoms with van der Waals surface area (Å²) < 4.78 is 12.8. The first-order valence-corrected chi connectivity index (χ1v) is 7.75. The van der Waals surface area contributed by atoms with E-state index >= 15 is 0 Å². The van der Waals surface area contributed by atoms with E-state index < -0.39 is 0 Å². The van der Waals surface area contributed by atoms with Crippen LogP contribution in [0.25, 0.3) is 22.2 Å². The number of aromatic nitrogens is 3. The van der Waals surface area contributed by atoms with Crippen molar-refractivity contribution in [2.24, 2.45) is 7.05 Å². The Bertz CT molecular complexity index is 881. The fourth-order valence-corrected chi connectivity index (χ4v) is 3.00. The number of fused-ring (bicyclic) bond motifs is 1. The lowest BCUT2D eigenvalue weighted by atomic mass is 10.0. The van der Waals surface area contributed by atoms with Gasteiger partial charge >= 0.3 is 0 Å². The maximum Gasteiger partial charge on any atom is 0.148 e. The van der Waals surface area contributed by atoms with Crippen molar-refractivity contribution in [2.45, 2.75) is 18.8 Å². The largest absolute Gasteiger partial charge is 0.497 e. The van der Waals surface area contributed by atoms with Crippen LogP contribution in [0.2, 0.25) is 0 Å². The van der Waals surface area contributed by atoms with Gasteiger partial charge in [-0.25, -0.2) is 4.98 Å². The third kappa shape index (κ3) is 2.42. The molecule has 0 bridgehead atoms. The summed E-state index contributed by atoms with van der Waals surface area (Å²) >= 11 is 0. The predicted molar refractivity (Wildman–Crippen MR) is 89.0 cm³/mol. The highest BCUT2D eigenvalue weighted by Crippen LogP contribution is 2.46. The number of hydrogen-bond donors (Lipinski definition) is 0. The number of pyridine rings is 1. The monoisotopic (exact) mass is 309 g/mol. The average Bonchev–Trinajstić information content (AvgIpc) is 3.33. The van der Waals surface area contributed by atoms with Crippen molar-refractivity contribution in [3.05, 3.63) is 36.2 Å². The lowest BCUT2D eigenvalue weighted by molar-refractivity contribution is 0.397. The van der Waals surface area contributed by atoms with E-state index in [2.05, 4.69) is 17.2 Å². The van der Waals surface area contributed by atoms with Crippen LogP contribution in [0.1, 0.15) is 24.3 Å². The van der Waals surface area contributed by atoms with Crippen LogP contribution in [0.4, 0.5) is 0 Å². The molecule has 0 radical (unpaired) electrons. The summed E-state index contributed by atoms with van der Waals surface area (Å²) in [5, 5.41) is 5.38. The quantitative estimate of drug-likeness (QED) is 0.740. The molecule has 0 unspecified atom stereocenters. The van der Waals surface area contributed by atoms with Crippen LogP contribution in [0, 0.1) is 0 Å². The summed E-state index contributed by atoms with van der Waals surface area (Å²) in [6.45, 7) is 0. The summed E-state index contributed by atoms with van der Waals surface area (Å²) in [7, 11) is 5.26. The molecule has 0 spiro atoms. The van der Waals surface area contributed by atoms with Crippen molar-refractivity contribution in [3.63, 3.8) is 0 Å². The molecule has 23 heavy (non-hydrogen) atoms. The molecule has 4 rings (SSSR count). The van der Waals surface area contributed by atoms with E-state index in [9.17, 15) is 0 Å². The second kappa shape index (κ2) is 5.26. The second-order valence-electron chi connectivity index (χ2n) is 6.00. The third-order valence-corrected chi connectivity index (χ3v) is 4.36. The molecule has 3 aromatic rings. The van der Waals surface area contributed by atoms with Crippen LogP contribution in [-0.4, -0.2) is 29.0 Å². The summed E-state index contributed by atoms with van der Waals surface area (Å²) in [5.41, 5.74) is 4.17. The SMILES string of the molecule is COc1cc(OC)c2nc(-c3cnn(C)c3)cc(C3CC3)c2c1. The van der Waals surface area contributed by atoms with Crippen molar-refractivity contribution >= 4 is 10.9 Å². The number of aryl methyl sites for hydroxylation is 1.